The summed E-state index contributed by atoms with van der Waals surface area (Å²) in [6, 6.07) is 5.55. The van der Waals surface area contributed by atoms with Crippen LogP contribution in [0.25, 0.3) is 0 Å². The van der Waals surface area contributed by atoms with Crippen molar-refractivity contribution in [1.29, 1.82) is 0 Å². The Balaban J connectivity index is 1.53. The number of likely N-dealkylation sites (tertiary alicyclic amines) is 1. The Morgan fingerprint density at radius 2 is 2.32 bits per heavy atom. The number of fused-ring (bicyclic) bond motifs is 1. The SMILES string of the molecule is O=C(N[C@@H]1CCCc2cn[nH]c21)N1C[C@H](O)C[C@H]1c1cccc(F)c1. The van der Waals surface area contributed by atoms with Crippen molar-refractivity contribution >= 4 is 6.03 Å². The molecular formula is C18H21FN4O2. The van der Waals surface area contributed by atoms with Gasteiger partial charge in [0.15, 0.2) is 0 Å². The standard InChI is InChI=1S/C18H21FN4O2/c19-13-5-1-3-11(7-13)16-8-14(24)10-23(16)18(25)21-15-6-2-4-12-9-20-22-17(12)15/h1,3,5,7,9,14-16,24H,2,4,6,8,10H2,(H,20,22)(H,21,25)/t14-,15-,16+/m1/s1. The van der Waals surface area contributed by atoms with Crippen molar-refractivity contribution in [2.24, 2.45) is 0 Å². The van der Waals surface area contributed by atoms with Crippen LogP contribution < -0.4 is 5.32 Å². The molecule has 0 saturated carbocycles. The number of hydrogen-bond acceptors (Lipinski definition) is 3. The number of rotatable bonds is 2. The lowest BCUT2D eigenvalue weighted by atomic mass is 9.94. The first kappa shape index (κ1) is 16.1. The molecule has 3 N–H and O–H groups in total. The van der Waals surface area contributed by atoms with Gasteiger partial charge in [0.25, 0.3) is 0 Å². The second kappa shape index (κ2) is 6.48. The van der Waals surface area contributed by atoms with Crippen LogP contribution in [0.3, 0.4) is 0 Å². The summed E-state index contributed by atoms with van der Waals surface area (Å²) in [6.07, 6.45) is 4.43. The molecule has 6 nitrogen and oxygen atoms in total. The van der Waals surface area contributed by atoms with Crippen LogP contribution in [0.15, 0.2) is 30.5 Å². The highest BCUT2D eigenvalue weighted by Gasteiger charge is 2.37. The van der Waals surface area contributed by atoms with Crippen LogP contribution in [-0.2, 0) is 6.42 Å². The number of nitrogens with one attached hydrogen (secondary N) is 2. The number of β-amino-alcohol motifs (C(OH)–C–C–N with tert-alkyl or cyclic N) is 1. The van der Waals surface area contributed by atoms with Crippen molar-refractivity contribution in [3.05, 3.63) is 53.1 Å². The highest BCUT2D eigenvalue weighted by Crippen LogP contribution is 2.34. The van der Waals surface area contributed by atoms with Crippen LogP contribution in [0.2, 0.25) is 0 Å². The molecule has 0 spiro atoms. The second-order valence-corrected chi connectivity index (χ2v) is 6.82. The maximum atomic E-state index is 13.6. The van der Waals surface area contributed by atoms with Gasteiger partial charge in [-0.25, -0.2) is 9.18 Å². The van der Waals surface area contributed by atoms with Gasteiger partial charge in [-0.05, 0) is 48.9 Å². The number of aromatic nitrogens is 2. The summed E-state index contributed by atoms with van der Waals surface area (Å²) in [6.45, 7) is 0.246. The van der Waals surface area contributed by atoms with Crippen molar-refractivity contribution in [3.63, 3.8) is 0 Å². The predicted octanol–water partition coefficient (Wildman–Crippen LogP) is 2.44. The lowest BCUT2D eigenvalue weighted by molar-refractivity contribution is 0.166. The van der Waals surface area contributed by atoms with E-state index in [4.69, 9.17) is 0 Å². The minimum Gasteiger partial charge on any atom is -0.391 e. The highest BCUT2D eigenvalue weighted by molar-refractivity contribution is 5.76. The van der Waals surface area contributed by atoms with E-state index in [0.29, 0.717) is 12.0 Å². The van der Waals surface area contributed by atoms with Crippen molar-refractivity contribution in [3.8, 4) is 0 Å². The molecule has 132 valence electrons. The van der Waals surface area contributed by atoms with Gasteiger partial charge >= 0.3 is 6.03 Å². The third-order valence-corrected chi connectivity index (χ3v) is 5.11. The molecule has 0 bridgehead atoms. The third kappa shape index (κ3) is 3.11. The summed E-state index contributed by atoms with van der Waals surface area (Å²) in [5.74, 6) is -0.339. The lowest BCUT2D eigenvalue weighted by Gasteiger charge is -2.29. The molecule has 1 aliphatic heterocycles. The predicted molar refractivity (Wildman–Crippen MR) is 89.3 cm³/mol. The first-order valence-electron chi connectivity index (χ1n) is 8.64. The van der Waals surface area contributed by atoms with E-state index in [0.717, 1.165) is 30.5 Å². The Kier molecular flexibility index (Phi) is 4.17. The minimum atomic E-state index is -0.604. The zero-order valence-corrected chi connectivity index (χ0v) is 13.8. The summed E-state index contributed by atoms with van der Waals surface area (Å²) in [5, 5.41) is 20.1. The molecule has 1 aromatic carbocycles. The van der Waals surface area contributed by atoms with E-state index < -0.39 is 6.10 Å². The number of hydrogen-bond donors (Lipinski definition) is 3. The molecule has 2 amide bonds. The number of urea groups is 1. The van der Waals surface area contributed by atoms with Crippen molar-refractivity contribution in [2.45, 2.75) is 43.9 Å². The second-order valence-electron chi connectivity index (χ2n) is 6.82. The van der Waals surface area contributed by atoms with Crippen LogP contribution in [0.4, 0.5) is 9.18 Å². The largest absolute Gasteiger partial charge is 0.391 e. The van der Waals surface area contributed by atoms with Gasteiger partial charge in [0.05, 0.1) is 30.1 Å². The molecule has 4 rings (SSSR count). The van der Waals surface area contributed by atoms with E-state index in [9.17, 15) is 14.3 Å². The molecular weight excluding hydrogens is 323 g/mol. The van der Waals surface area contributed by atoms with E-state index in [-0.39, 0.29) is 30.5 Å². The third-order valence-electron chi connectivity index (χ3n) is 5.11. The van der Waals surface area contributed by atoms with Gasteiger partial charge in [0.1, 0.15) is 5.82 Å². The molecule has 2 aliphatic rings. The molecule has 1 aromatic heterocycles. The van der Waals surface area contributed by atoms with Gasteiger partial charge in [0.2, 0.25) is 0 Å². The minimum absolute atomic E-state index is 0.107. The van der Waals surface area contributed by atoms with Crippen molar-refractivity contribution in [2.75, 3.05) is 6.54 Å². The molecule has 1 saturated heterocycles. The quantitative estimate of drug-likeness (QED) is 0.783. The molecule has 1 aliphatic carbocycles. The van der Waals surface area contributed by atoms with E-state index in [1.807, 2.05) is 6.20 Å². The van der Waals surface area contributed by atoms with Crippen LogP contribution in [0.1, 0.15) is 48.2 Å². The number of aliphatic hydroxyl groups is 1. The fourth-order valence-electron chi connectivity index (χ4n) is 3.91. The van der Waals surface area contributed by atoms with Crippen LogP contribution in [-0.4, -0.2) is 38.9 Å². The average Bonchev–Trinajstić information content (AvgIpc) is 3.22. The zero-order valence-electron chi connectivity index (χ0n) is 13.8. The number of halogens is 1. The molecule has 3 atom stereocenters. The van der Waals surface area contributed by atoms with Crippen molar-refractivity contribution in [1.82, 2.24) is 20.4 Å². The molecule has 2 aromatic rings. The Hall–Kier alpha value is -2.41. The van der Waals surface area contributed by atoms with Gasteiger partial charge in [0, 0.05) is 6.54 Å². The maximum Gasteiger partial charge on any atom is 0.318 e. The first-order chi connectivity index (χ1) is 12.1. The van der Waals surface area contributed by atoms with E-state index in [1.54, 1.807) is 17.0 Å². The van der Waals surface area contributed by atoms with Gasteiger partial charge in [-0.1, -0.05) is 12.1 Å². The molecule has 25 heavy (non-hydrogen) atoms. The van der Waals surface area contributed by atoms with Gasteiger partial charge < -0.3 is 15.3 Å². The smallest absolute Gasteiger partial charge is 0.318 e. The topological polar surface area (TPSA) is 81.2 Å². The van der Waals surface area contributed by atoms with Gasteiger partial charge in [-0.2, -0.15) is 5.10 Å². The Morgan fingerprint density at radius 1 is 1.44 bits per heavy atom. The molecule has 0 radical (unpaired) electrons. The molecule has 7 heteroatoms. The highest BCUT2D eigenvalue weighted by atomic mass is 19.1. The first-order valence-corrected chi connectivity index (χ1v) is 8.64. The average molecular weight is 344 g/mol. The van der Waals surface area contributed by atoms with Gasteiger partial charge in [-0.15, -0.1) is 0 Å². The molecule has 0 unspecified atom stereocenters. The fourth-order valence-corrected chi connectivity index (χ4v) is 3.91. The zero-order chi connectivity index (χ0) is 17.4. The monoisotopic (exact) mass is 344 g/mol. The number of aromatic amines is 1. The van der Waals surface area contributed by atoms with Crippen LogP contribution in [0.5, 0.6) is 0 Å². The summed E-state index contributed by atoms with van der Waals surface area (Å²) >= 11 is 0. The van der Waals surface area contributed by atoms with Gasteiger partial charge in [-0.3, -0.25) is 5.10 Å². The Morgan fingerprint density at radius 3 is 3.16 bits per heavy atom. The number of carbonyl (C=O) groups excluding carboxylic acids is 1. The number of benzene rings is 1. The lowest BCUT2D eigenvalue weighted by Crippen LogP contribution is -2.42. The number of aryl methyl sites for hydroxylation is 1. The summed E-state index contributed by atoms with van der Waals surface area (Å²) in [5.41, 5.74) is 2.80. The van der Waals surface area contributed by atoms with E-state index in [2.05, 4.69) is 15.5 Å². The molecule has 1 fully saturated rings. The number of aliphatic hydroxyl groups excluding tert-OH is 1. The van der Waals surface area contributed by atoms with Crippen LogP contribution >= 0.6 is 0 Å². The van der Waals surface area contributed by atoms with E-state index in [1.165, 1.54) is 12.1 Å². The fraction of sp³-hybridized carbons (Fsp3) is 0.444. The number of H-pyrrole nitrogens is 1. The Labute approximate surface area is 145 Å². The van der Waals surface area contributed by atoms with E-state index >= 15 is 0 Å². The maximum absolute atomic E-state index is 13.6. The van der Waals surface area contributed by atoms with Crippen molar-refractivity contribution < 1.29 is 14.3 Å². The summed E-state index contributed by atoms with van der Waals surface area (Å²) < 4.78 is 13.6. The normalized spacial score (nSPS) is 25.7. The number of amides is 2. The summed E-state index contributed by atoms with van der Waals surface area (Å²) in [4.78, 5) is 14.4. The van der Waals surface area contributed by atoms with Crippen LogP contribution in [0, 0.1) is 5.82 Å². The number of nitrogens with zero attached hydrogens (tertiary/aromatic N) is 2. The Bertz CT molecular complexity index is 778. The number of carbonyl (C=O) groups is 1. The molecule has 2 heterocycles. The summed E-state index contributed by atoms with van der Waals surface area (Å²) in [7, 11) is 0.